The molecule has 0 aliphatic carbocycles. The van der Waals surface area contributed by atoms with Crippen molar-refractivity contribution in [3.05, 3.63) is 18.3 Å². The minimum absolute atomic E-state index is 0.0128. The van der Waals surface area contributed by atoms with Crippen LogP contribution in [0.15, 0.2) is 18.3 Å². The molecular weight excluding hydrogens is 294 g/mol. The summed E-state index contributed by atoms with van der Waals surface area (Å²) in [6, 6.07) is 3.46. The maximum Gasteiger partial charge on any atom is 0.412 e. The Morgan fingerprint density at radius 3 is 2.76 bits per heavy atom. The highest BCUT2D eigenvalue weighted by Gasteiger charge is 2.31. The summed E-state index contributed by atoms with van der Waals surface area (Å²) in [5.74, 6) is 0.813. The van der Waals surface area contributed by atoms with Gasteiger partial charge in [0.1, 0.15) is 5.82 Å². The van der Waals surface area contributed by atoms with Crippen molar-refractivity contribution in [2.24, 2.45) is 0 Å². The highest BCUT2D eigenvalue weighted by Crippen LogP contribution is 2.24. The van der Waals surface area contributed by atoms with E-state index in [0.717, 1.165) is 5.69 Å². The number of anilines is 2. The summed E-state index contributed by atoms with van der Waals surface area (Å²) >= 11 is 0. The van der Waals surface area contributed by atoms with E-state index in [-0.39, 0.29) is 17.5 Å². The molecule has 1 N–H and O–H groups in total. The van der Waals surface area contributed by atoms with Gasteiger partial charge in [0.25, 0.3) is 0 Å². The average molecular weight is 313 g/mol. The van der Waals surface area contributed by atoms with Crippen LogP contribution in [0.25, 0.3) is 0 Å². The van der Waals surface area contributed by atoms with Crippen LogP contribution in [0.5, 0.6) is 0 Å². The van der Waals surface area contributed by atoms with Crippen molar-refractivity contribution in [1.29, 1.82) is 0 Å². The van der Waals surface area contributed by atoms with Crippen molar-refractivity contribution >= 4 is 27.4 Å². The van der Waals surface area contributed by atoms with E-state index < -0.39 is 15.9 Å². The van der Waals surface area contributed by atoms with Crippen LogP contribution < -0.4 is 10.2 Å². The van der Waals surface area contributed by atoms with E-state index in [1.165, 1.54) is 7.11 Å². The number of amides is 1. The van der Waals surface area contributed by atoms with Crippen LogP contribution in [0.4, 0.5) is 16.3 Å². The van der Waals surface area contributed by atoms with Crippen molar-refractivity contribution in [1.82, 2.24) is 4.98 Å². The van der Waals surface area contributed by atoms with Crippen LogP contribution in [-0.2, 0) is 14.6 Å². The molecule has 2 rings (SSSR count). The fraction of sp³-hybridized carbons (Fsp3) is 0.538. The minimum atomic E-state index is -2.92. The molecule has 116 valence electrons. The molecule has 1 fully saturated rings. The Labute approximate surface area is 124 Å². The van der Waals surface area contributed by atoms with Gasteiger partial charge in [0.05, 0.1) is 30.5 Å². The fourth-order valence-corrected chi connectivity index (χ4v) is 4.19. The molecule has 1 saturated heterocycles. The molecule has 2 heterocycles. The second kappa shape index (κ2) is 6.30. The van der Waals surface area contributed by atoms with Gasteiger partial charge < -0.3 is 9.64 Å². The van der Waals surface area contributed by atoms with Gasteiger partial charge in [0.15, 0.2) is 9.84 Å². The quantitative estimate of drug-likeness (QED) is 0.900. The van der Waals surface area contributed by atoms with Gasteiger partial charge in [0, 0.05) is 12.6 Å². The zero-order chi connectivity index (χ0) is 15.5. The lowest BCUT2D eigenvalue weighted by atomic mass is 10.2. The van der Waals surface area contributed by atoms with Crippen molar-refractivity contribution in [2.75, 3.05) is 35.4 Å². The number of rotatable bonds is 4. The summed E-state index contributed by atoms with van der Waals surface area (Å²) in [5.41, 5.74) is 0.843. The van der Waals surface area contributed by atoms with E-state index in [1.807, 2.05) is 17.9 Å². The zero-order valence-electron chi connectivity index (χ0n) is 12.1. The monoisotopic (exact) mass is 313 g/mol. The summed E-state index contributed by atoms with van der Waals surface area (Å²) in [6.07, 6.45) is 1.68. The van der Waals surface area contributed by atoms with Crippen LogP contribution >= 0.6 is 0 Å². The second-order valence-corrected chi connectivity index (χ2v) is 7.09. The average Bonchev–Trinajstić information content (AvgIpc) is 2.81. The molecular formula is C13H19N3O4S. The lowest BCUT2D eigenvalue weighted by Crippen LogP contribution is -2.36. The molecule has 1 atom stereocenters. The highest BCUT2D eigenvalue weighted by atomic mass is 32.2. The number of nitrogens with zero attached hydrogens (tertiary/aromatic N) is 2. The van der Waals surface area contributed by atoms with Gasteiger partial charge in [-0.1, -0.05) is 0 Å². The number of methoxy groups -OCH3 is 1. The van der Waals surface area contributed by atoms with Gasteiger partial charge in [-0.05, 0) is 25.5 Å². The van der Waals surface area contributed by atoms with E-state index >= 15 is 0 Å². The molecule has 1 aromatic heterocycles. The van der Waals surface area contributed by atoms with E-state index in [0.29, 0.717) is 18.8 Å². The normalized spacial score (nSPS) is 20.0. The SMILES string of the molecule is CCN(c1ccc(NC(=O)OC)nc1)C1CCS(=O)(=O)C1. The number of carbonyl (C=O) groups is 1. The molecule has 8 heteroatoms. The summed E-state index contributed by atoms with van der Waals surface area (Å²) < 4.78 is 27.7. The molecule has 21 heavy (non-hydrogen) atoms. The van der Waals surface area contributed by atoms with E-state index in [9.17, 15) is 13.2 Å². The van der Waals surface area contributed by atoms with Gasteiger partial charge in [-0.15, -0.1) is 0 Å². The lowest BCUT2D eigenvalue weighted by molar-refractivity contribution is 0.187. The third kappa shape index (κ3) is 3.84. The lowest BCUT2D eigenvalue weighted by Gasteiger charge is -2.28. The Morgan fingerprint density at radius 2 is 2.29 bits per heavy atom. The van der Waals surface area contributed by atoms with Gasteiger partial charge >= 0.3 is 6.09 Å². The Hall–Kier alpha value is -1.83. The van der Waals surface area contributed by atoms with Crippen molar-refractivity contribution in [3.8, 4) is 0 Å². The number of carbonyl (C=O) groups excluding carboxylic acids is 1. The standard InChI is InChI=1S/C13H19N3O4S/c1-3-16(11-6-7-21(18,19)9-11)10-4-5-12(14-8-10)15-13(17)20-2/h4-5,8,11H,3,6-7,9H2,1-2H3,(H,14,15,17). The first kappa shape index (κ1) is 15.6. The first-order valence-corrected chi connectivity index (χ1v) is 8.55. The number of aromatic nitrogens is 1. The molecule has 0 spiro atoms. The maximum absolute atomic E-state index is 11.6. The highest BCUT2D eigenvalue weighted by molar-refractivity contribution is 7.91. The van der Waals surface area contributed by atoms with Crippen LogP contribution in [-0.4, -0.2) is 50.7 Å². The third-order valence-corrected chi connectivity index (χ3v) is 5.24. The molecule has 1 aliphatic heterocycles. The summed E-state index contributed by atoms with van der Waals surface area (Å²) in [7, 11) is -1.64. The van der Waals surface area contributed by atoms with Crippen LogP contribution in [0.3, 0.4) is 0 Å². The van der Waals surface area contributed by atoms with Crippen molar-refractivity contribution < 1.29 is 17.9 Å². The van der Waals surface area contributed by atoms with Gasteiger partial charge in [-0.3, -0.25) is 5.32 Å². The molecule has 0 radical (unpaired) electrons. The first-order chi connectivity index (χ1) is 9.95. The van der Waals surface area contributed by atoms with E-state index in [2.05, 4.69) is 15.0 Å². The molecule has 7 nitrogen and oxygen atoms in total. The molecule has 0 saturated carbocycles. The molecule has 0 bridgehead atoms. The smallest absolute Gasteiger partial charge is 0.412 e. The van der Waals surface area contributed by atoms with Gasteiger partial charge in [-0.25, -0.2) is 18.2 Å². The Bertz CT molecular complexity index is 600. The van der Waals surface area contributed by atoms with Gasteiger partial charge in [-0.2, -0.15) is 0 Å². The number of nitrogens with one attached hydrogen (secondary N) is 1. The molecule has 1 unspecified atom stereocenters. The largest absolute Gasteiger partial charge is 0.453 e. The van der Waals surface area contributed by atoms with Crippen molar-refractivity contribution in [3.63, 3.8) is 0 Å². The van der Waals surface area contributed by atoms with E-state index in [4.69, 9.17) is 0 Å². The second-order valence-electron chi connectivity index (χ2n) is 4.86. The summed E-state index contributed by atoms with van der Waals surface area (Å²) in [4.78, 5) is 17.3. The van der Waals surface area contributed by atoms with Crippen molar-refractivity contribution in [2.45, 2.75) is 19.4 Å². The number of pyridine rings is 1. The van der Waals surface area contributed by atoms with Crippen LogP contribution in [0.1, 0.15) is 13.3 Å². The van der Waals surface area contributed by atoms with Crippen LogP contribution in [0.2, 0.25) is 0 Å². The molecule has 1 aromatic rings. The Balaban J connectivity index is 2.10. The molecule has 0 aromatic carbocycles. The molecule has 1 amide bonds. The number of ether oxygens (including phenoxy) is 1. The van der Waals surface area contributed by atoms with Crippen LogP contribution in [0, 0.1) is 0 Å². The summed E-state index contributed by atoms with van der Waals surface area (Å²) in [5, 5.41) is 2.47. The zero-order valence-corrected chi connectivity index (χ0v) is 12.9. The maximum atomic E-state index is 11.6. The number of sulfone groups is 1. The summed E-state index contributed by atoms with van der Waals surface area (Å²) in [6.45, 7) is 2.68. The molecule has 1 aliphatic rings. The fourth-order valence-electron chi connectivity index (χ4n) is 2.46. The topological polar surface area (TPSA) is 88.6 Å². The number of hydrogen-bond donors (Lipinski definition) is 1. The predicted octanol–water partition coefficient (Wildman–Crippen LogP) is 1.27. The predicted molar refractivity (Wildman–Crippen MR) is 80.3 cm³/mol. The first-order valence-electron chi connectivity index (χ1n) is 6.73. The number of hydrogen-bond acceptors (Lipinski definition) is 6. The Morgan fingerprint density at radius 1 is 1.52 bits per heavy atom. The van der Waals surface area contributed by atoms with Gasteiger partial charge in [0.2, 0.25) is 0 Å². The third-order valence-electron chi connectivity index (χ3n) is 3.48. The minimum Gasteiger partial charge on any atom is -0.453 e. The van der Waals surface area contributed by atoms with E-state index in [1.54, 1.807) is 12.3 Å². The Kier molecular flexibility index (Phi) is 4.66.